The van der Waals surface area contributed by atoms with Crippen LogP contribution < -0.4 is 0 Å². The lowest BCUT2D eigenvalue weighted by Crippen LogP contribution is -2.41. The molecule has 0 saturated carbocycles. The molecule has 110 valence electrons. The highest BCUT2D eigenvalue weighted by Crippen LogP contribution is 2.34. The molecule has 0 heterocycles. The number of aliphatic hydroxyl groups excluding tert-OH is 2. The van der Waals surface area contributed by atoms with Gasteiger partial charge in [-0.05, 0) is 38.5 Å². The summed E-state index contributed by atoms with van der Waals surface area (Å²) >= 11 is 0. The van der Waals surface area contributed by atoms with Crippen molar-refractivity contribution in [2.75, 3.05) is 6.61 Å². The van der Waals surface area contributed by atoms with Gasteiger partial charge in [-0.1, -0.05) is 34.1 Å². The molecule has 2 N–H and O–H groups in total. The van der Waals surface area contributed by atoms with Gasteiger partial charge in [-0.25, -0.2) is 0 Å². The maximum absolute atomic E-state index is 9.84. The number of rotatable bonds is 9. The van der Waals surface area contributed by atoms with E-state index in [1.807, 2.05) is 13.8 Å². The quantitative estimate of drug-likeness (QED) is 0.669. The Morgan fingerprint density at radius 2 is 1.67 bits per heavy atom. The van der Waals surface area contributed by atoms with E-state index in [-0.39, 0.29) is 23.7 Å². The van der Waals surface area contributed by atoms with Crippen molar-refractivity contribution in [1.29, 1.82) is 0 Å². The van der Waals surface area contributed by atoms with Crippen LogP contribution in [0.3, 0.4) is 0 Å². The van der Waals surface area contributed by atoms with Crippen LogP contribution in [0.1, 0.15) is 67.2 Å². The second kappa shape index (κ2) is 7.46. The highest BCUT2D eigenvalue weighted by Gasteiger charge is 2.35. The van der Waals surface area contributed by atoms with Gasteiger partial charge < -0.3 is 14.9 Å². The Balaban J connectivity index is 4.53. The summed E-state index contributed by atoms with van der Waals surface area (Å²) in [6.07, 6.45) is 3.52. The molecule has 0 fully saturated rings. The van der Waals surface area contributed by atoms with Gasteiger partial charge in [0.2, 0.25) is 0 Å². The number of ether oxygens (including phenoxy) is 1. The minimum Gasteiger partial charge on any atom is -0.394 e. The molecule has 0 amide bonds. The number of aliphatic hydroxyl groups is 2. The van der Waals surface area contributed by atoms with E-state index in [1.165, 1.54) is 0 Å². The summed E-state index contributed by atoms with van der Waals surface area (Å²) < 4.78 is 6.17. The van der Waals surface area contributed by atoms with Gasteiger partial charge in [-0.15, -0.1) is 0 Å². The highest BCUT2D eigenvalue weighted by molar-refractivity contribution is 4.86. The van der Waals surface area contributed by atoms with Crippen molar-refractivity contribution in [3.8, 4) is 0 Å². The van der Waals surface area contributed by atoms with Crippen molar-refractivity contribution in [2.24, 2.45) is 5.41 Å². The molecule has 0 aliphatic rings. The maximum atomic E-state index is 9.84. The second-order valence-corrected chi connectivity index (χ2v) is 6.56. The fraction of sp³-hybridized carbons (Fsp3) is 1.00. The van der Waals surface area contributed by atoms with Crippen molar-refractivity contribution < 1.29 is 14.9 Å². The second-order valence-electron chi connectivity index (χ2n) is 6.56. The Hall–Kier alpha value is -0.120. The third-order valence-electron chi connectivity index (χ3n) is 3.51. The van der Waals surface area contributed by atoms with E-state index in [4.69, 9.17) is 9.84 Å². The molecule has 0 aromatic rings. The van der Waals surface area contributed by atoms with E-state index in [1.54, 1.807) is 0 Å². The molecule has 2 atom stereocenters. The van der Waals surface area contributed by atoms with E-state index in [2.05, 4.69) is 27.7 Å². The molecule has 2 unspecified atom stereocenters. The van der Waals surface area contributed by atoms with Gasteiger partial charge in [0.05, 0.1) is 24.4 Å². The van der Waals surface area contributed by atoms with Gasteiger partial charge in [-0.2, -0.15) is 0 Å². The Morgan fingerprint density at radius 1 is 1.11 bits per heavy atom. The SMILES string of the molecule is CCCC(CC)OC(C)(C)CC(C)(C)C(O)CO. The summed E-state index contributed by atoms with van der Waals surface area (Å²) in [6.45, 7) is 12.2. The lowest BCUT2D eigenvalue weighted by atomic mass is 9.77. The zero-order valence-electron chi connectivity index (χ0n) is 13.0. The van der Waals surface area contributed by atoms with Crippen LogP contribution in [-0.4, -0.2) is 34.6 Å². The molecule has 0 saturated heterocycles. The predicted molar refractivity (Wildman–Crippen MR) is 75.6 cm³/mol. The summed E-state index contributed by atoms with van der Waals surface area (Å²) in [5.74, 6) is 0. The van der Waals surface area contributed by atoms with E-state index in [9.17, 15) is 5.11 Å². The molecule has 0 aliphatic carbocycles. The van der Waals surface area contributed by atoms with E-state index >= 15 is 0 Å². The van der Waals surface area contributed by atoms with Crippen LogP contribution in [0, 0.1) is 5.41 Å². The first-order valence-corrected chi connectivity index (χ1v) is 7.15. The smallest absolute Gasteiger partial charge is 0.0822 e. The highest BCUT2D eigenvalue weighted by atomic mass is 16.5. The zero-order chi connectivity index (χ0) is 14.4. The molecule has 0 aromatic carbocycles. The first kappa shape index (κ1) is 17.9. The molecule has 0 rings (SSSR count). The molecule has 3 nitrogen and oxygen atoms in total. The summed E-state index contributed by atoms with van der Waals surface area (Å²) in [7, 11) is 0. The first-order chi connectivity index (χ1) is 8.18. The van der Waals surface area contributed by atoms with Crippen LogP contribution in [-0.2, 0) is 4.74 Å². The third kappa shape index (κ3) is 6.17. The Kier molecular flexibility index (Phi) is 7.41. The summed E-state index contributed by atoms with van der Waals surface area (Å²) in [6, 6.07) is 0. The van der Waals surface area contributed by atoms with Crippen molar-refractivity contribution >= 4 is 0 Å². The van der Waals surface area contributed by atoms with E-state index in [0.717, 1.165) is 25.7 Å². The largest absolute Gasteiger partial charge is 0.394 e. The molecule has 0 aliphatic heterocycles. The molecule has 3 heteroatoms. The minimum atomic E-state index is -0.702. The lowest BCUT2D eigenvalue weighted by molar-refractivity contribution is -0.115. The molecular weight excluding hydrogens is 228 g/mol. The van der Waals surface area contributed by atoms with Crippen LogP contribution in [0.15, 0.2) is 0 Å². The van der Waals surface area contributed by atoms with Gasteiger partial charge in [0.15, 0.2) is 0 Å². The van der Waals surface area contributed by atoms with E-state index in [0.29, 0.717) is 0 Å². The van der Waals surface area contributed by atoms with Gasteiger partial charge in [0, 0.05) is 0 Å². The maximum Gasteiger partial charge on any atom is 0.0822 e. The van der Waals surface area contributed by atoms with Crippen LogP contribution in [0.2, 0.25) is 0 Å². The molecule has 0 spiro atoms. The van der Waals surface area contributed by atoms with Crippen molar-refractivity contribution in [2.45, 2.75) is 85.0 Å². The number of hydrogen-bond acceptors (Lipinski definition) is 3. The standard InChI is InChI=1S/C15H32O3/c1-7-9-12(8-2)18-15(5,6)11-14(3,4)13(17)10-16/h12-13,16-17H,7-11H2,1-6H3. The van der Waals surface area contributed by atoms with Gasteiger partial charge in [-0.3, -0.25) is 0 Å². The fourth-order valence-corrected chi connectivity index (χ4v) is 2.62. The normalized spacial score (nSPS) is 16.7. The van der Waals surface area contributed by atoms with Crippen LogP contribution in [0.4, 0.5) is 0 Å². The molecule has 0 radical (unpaired) electrons. The molecule has 18 heavy (non-hydrogen) atoms. The number of hydrogen-bond donors (Lipinski definition) is 2. The Morgan fingerprint density at radius 3 is 2.06 bits per heavy atom. The minimum absolute atomic E-state index is 0.199. The third-order valence-corrected chi connectivity index (χ3v) is 3.51. The van der Waals surface area contributed by atoms with Crippen LogP contribution >= 0.6 is 0 Å². The summed E-state index contributed by atoms with van der Waals surface area (Å²) in [5, 5.41) is 18.9. The van der Waals surface area contributed by atoms with Crippen molar-refractivity contribution in [1.82, 2.24) is 0 Å². The average molecular weight is 260 g/mol. The van der Waals surface area contributed by atoms with Crippen molar-refractivity contribution in [3.05, 3.63) is 0 Å². The fourth-order valence-electron chi connectivity index (χ4n) is 2.62. The van der Waals surface area contributed by atoms with Gasteiger partial charge >= 0.3 is 0 Å². The van der Waals surface area contributed by atoms with E-state index < -0.39 is 6.10 Å². The topological polar surface area (TPSA) is 49.7 Å². The van der Waals surface area contributed by atoms with Gasteiger partial charge in [0.1, 0.15) is 0 Å². The molecule has 0 bridgehead atoms. The van der Waals surface area contributed by atoms with Crippen LogP contribution in [0.5, 0.6) is 0 Å². The average Bonchev–Trinajstić information content (AvgIpc) is 2.25. The Bertz CT molecular complexity index is 224. The molecule has 0 aromatic heterocycles. The van der Waals surface area contributed by atoms with Crippen LogP contribution in [0.25, 0.3) is 0 Å². The van der Waals surface area contributed by atoms with Gasteiger partial charge in [0.25, 0.3) is 0 Å². The summed E-state index contributed by atoms with van der Waals surface area (Å²) in [4.78, 5) is 0. The first-order valence-electron chi connectivity index (χ1n) is 7.15. The Labute approximate surface area is 113 Å². The summed E-state index contributed by atoms with van der Waals surface area (Å²) in [5.41, 5.74) is -0.627. The monoisotopic (exact) mass is 260 g/mol. The lowest BCUT2D eigenvalue weighted by Gasteiger charge is -2.39. The molecular formula is C15H32O3. The predicted octanol–water partition coefficient (Wildman–Crippen LogP) is 3.13. The van der Waals surface area contributed by atoms with Crippen molar-refractivity contribution in [3.63, 3.8) is 0 Å². The zero-order valence-corrected chi connectivity index (χ0v) is 13.0.